The molecule has 1 heterocycles. The van der Waals surface area contributed by atoms with Gasteiger partial charge in [0.15, 0.2) is 5.75 Å². The summed E-state index contributed by atoms with van der Waals surface area (Å²) in [5.41, 5.74) is 1.82. The summed E-state index contributed by atoms with van der Waals surface area (Å²) >= 11 is 12.4. The number of carbonyl (C=O) groups is 1. The van der Waals surface area contributed by atoms with E-state index in [2.05, 4.69) is 0 Å². The number of fused-ring (bicyclic) bond motifs is 2. The van der Waals surface area contributed by atoms with E-state index in [1.165, 1.54) is 6.07 Å². The molecule has 5 nitrogen and oxygen atoms in total. The van der Waals surface area contributed by atoms with Crippen LogP contribution in [0.25, 0.3) is 0 Å². The molecule has 0 radical (unpaired) electrons. The minimum Gasteiger partial charge on any atom is -0.507 e. The zero-order valence-electron chi connectivity index (χ0n) is 15.0. The number of carbonyl (C=O) groups excluding carboxylic acids is 1. The van der Waals surface area contributed by atoms with Crippen LogP contribution in [0.2, 0.25) is 10.0 Å². The Hall–Kier alpha value is -2.37. The third kappa shape index (κ3) is 3.11. The molecule has 7 heteroatoms. The van der Waals surface area contributed by atoms with E-state index in [4.69, 9.17) is 27.9 Å². The van der Waals surface area contributed by atoms with E-state index in [-0.39, 0.29) is 57.0 Å². The second kappa shape index (κ2) is 6.98. The molecule has 1 aliphatic rings. The van der Waals surface area contributed by atoms with Gasteiger partial charge in [0.2, 0.25) is 5.78 Å². The van der Waals surface area contributed by atoms with Crippen molar-refractivity contribution in [1.82, 2.24) is 0 Å². The van der Waals surface area contributed by atoms with Gasteiger partial charge in [-0.1, -0.05) is 34.9 Å². The van der Waals surface area contributed by atoms with Crippen molar-refractivity contribution in [2.45, 2.75) is 33.8 Å². The Labute approximate surface area is 166 Å². The highest BCUT2D eigenvalue weighted by molar-refractivity contribution is 6.39. The van der Waals surface area contributed by atoms with Gasteiger partial charge in [0.05, 0.1) is 10.0 Å². The lowest BCUT2D eigenvalue weighted by Gasteiger charge is -2.15. The highest BCUT2D eigenvalue weighted by Gasteiger charge is 2.34. The number of phenols is 3. The van der Waals surface area contributed by atoms with Gasteiger partial charge in [0, 0.05) is 22.8 Å². The van der Waals surface area contributed by atoms with Gasteiger partial charge in [-0.2, -0.15) is 0 Å². The molecule has 0 saturated heterocycles. The number of hydrogen-bond donors (Lipinski definition) is 3. The van der Waals surface area contributed by atoms with Gasteiger partial charge in [0.25, 0.3) is 0 Å². The molecule has 3 rings (SSSR count). The maximum absolute atomic E-state index is 13.3. The zero-order valence-corrected chi connectivity index (χ0v) is 16.5. The molecule has 0 fully saturated rings. The number of halogens is 2. The molecule has 142 valence electrons. The highest BCUT2D eigenvalue weighted by atomic mass is 35.5. The van der Waals surface area contributed by atoms with Gasteiger partial charge < -0.3 is 20.1 Å². The molecule has 1 aliphatic heterocycles. The smallest absolute Gasteiger partial charge is 0.201 e. The van der Waals surface area contributed by atoms with Crippen LogP contribution in [0.5, 0.6) is 23.0 Å². The predicted octanol–water partition coefficient (Wildman–Crippen LogP) is 5.05. The molecule has 0 unspecified atom stereocenters. The zero-order chi connectivity index (χ0) is 20.0. The minimum absolute atomic E-state index is 0.00400. The van der Waals surface area contributed by atoms with E-state index in [0.717, 1.165) is 5.57 Å². The Morgan fingerprint density at radius 2 is 1.81 bits per heavy atom. The number of rotatable bonds is 2. The van der Waals surface area contributed by atoms with Gasteiger partial charge in [0.1, 0.15) is 29.4 Å². The van der Waals surface area contributed by atoms with Gasteiger partial charge >= 0.3 is 0 Å². The van der Waals surface area contributed by atoms with Crippen molar-refractivity contribution in [3.05, 3.63) is 55.6 Å². The number of ketones is 1. The summed E-state index contributed by atoms with van der Waals surface area (Å²) in [7, 11) is 0. The van der Waals surface area contributed by atoms with Crippen LogP contribution in [0.3, 0.4) is 0 Å². The summed E-state index contributed by atoms with van der Waals surface area (Å²) in [5.74, 6) is -1.55. The van der Waals surface area contributed by atoms with Crippen molar-refractivity contribution in [3.8, 4) is 23.0 Å². The first-order valence-electron chi connectivity index (χ1n) is 8.23. The molecule has 2 aromatic carbocycles. The summed E-state index contributed by atoms with van der Waals surface area (Å²) in [5, 5.41) is 31.2. The standard InChI is InChI=1S/C20H18Cl2O5/c1-8(2)4-5-10-12(23)6-13(24)11-7-27-20-15(18(25)14(10)11)19(26)16(21)9(3)17(20)22/h4,6,23-24,26H,5,7H2,1-3H3. The molecule has 0 aliphatic carbocycles. The van der Waals surface area contributed by atoms with Gasteiger partial charge in [-0.05, 0) is 32.8 Å². The van der Waals surface area contributed by atoms with Crippen LogP contribution < -0.4 is 4.74 Å². The fourth-order valence-electron chi connectivity index (χ4n) is 3.06. The Kier molecular flexibility index (Phi) is 5.02. The van der Waals surface area contributed by atoms with Crippen molar-refractivity contribution in [2.24, 2.45) is 0 Å². The Bertz CT molecular complexity index is 1000. The molecule has 3 N–H and O–H groups in total. The second-order valence-corrected chi connectivity index (χ2v) is 7.41. The largest absolute Gasteiger partial charge is 0.507 e. The third-order valence-electron chi connectivity index (χ3n) is 4.55. The van der Waals surface area contributed by atoms with Crippen LogP contribution >= 0.6 is 23.2 Å². The summed E-state index contributed by atoms with van der Waals surface area (Å²) < 4.78 is 5.67. The van der Waals surface area contributed by atoms with Crippen LogP contribution in [0, 0.1) is 6.92 Å². The molecule has 0 amide bonds. The van der Waals surface area contributed by atoms with Gasteiger partial charge in [-0.3, -0.25) is 4.79 Å². The maximum Gasteiger partial charge on any atom is 0.201 e. The Balaban J connectivity index is 2.35. The SMILES string of the molecule is CC(C)=CCc1c(O)cc(O)c2c1C(=O)c1c(O)c(Cl)c(C)c(Cl)c1OC2. The topological polar surface area (TPSA) is 87.0 Å². The lowest BCUT2D eigenvalue weighted by Crippen LogP contribution is -2.09. The quantitative estimate of drug-likeness (QED) is 0.605. The highest BCUT2D eigenvalue weighted by Crippen LogP contribution is 2.48. The first-order valence-corrected chi connectivity index (χ1v) is 8.98. The molecule has 0 atom stereocenters. The number of aromatic hydroxyl groups is 3. The summed E-state index contributed by atoms with van der Waals surface area (Å²) in [6, 6.07) is 1.18. The molecule has 0 spiro atoms. The predicted molar refractivity (Wildman–Crippen MR) is 104 cm³/mol. The minimum atomic E-state index is -0.623. The van der Waals surface area contributed by atoms with E-state index in [1.807, 2.05) is 19.9 Å². The molecule has 0 bridgehead atoms. The van der Waals surface area contributed by atoms with Crippen LogP contribution in [-0.2, 0) is 13.0 Å². The van der Waals surface area contributed by atoms with E-state index in [0.29, 0.717) is 11.1 Å². The van der Waals surface area contributed by atoms with Crippen LogP contribution in [0.4, 0.5) is 0 Å². The lowest BCUT2D eigenvalue weighted by molar-refractivity contribution is 0.103. The summed E-state index contributed by atoms with van der Waals surface area (Å²) in [6.45, 7) is 5.23. The van der Waals surface area contributed by atoms with Crippen molar-refractivity contribution < 1.29 is 24.9 Å². The number of hydrogen-bond acceptors (Lipinski definition) is 5. The van der Waals surface area contributed by atoms with Crippen LogP contribution in [0.1, 0.15) is 46.5 Å². The number of phenolic OH excluding ortho intramolecular Hbond substituents is 3. The van der Waals surface area contributed by atoms with Crippen LogP contribution in [0.15, 0.2) is 17.7 Å². The molecule has 2 aromatic rings. The maximum atomic E-state index is 13.3. The molecule has 27 heavy (non-hydrogen) atoms. The van der Waals surface area contributed by atoms with Crippen molar-refractivity contribution in [3.63, 3.8) is 0 Å². The lowest BCUT2D eigenvalue weighted by atomic mass is 9.90. The van der Waals surface area contributed by atoms with Crippen LogP contribution in [-0.4, -0.2) is 21.1 Å². The average molecular weight is 409 g/mol. The number of allylic oxidation sites excluding steroid dienone is 2. The van der Waals surface area contributed by atoms with Crippen molar-refractivity contribution in [1.29, 1.82) is 0 Å². The average Bonchev–Trinajstić information content (AvgIpc) is 2.75. The van der Waals surface area contributed by atoms with Crippen molar-refractivity contribution >= 4 is 29.0 Å². The fraction of sp³-hybridized carbons (Fsp3) is 0.250. The summed E-state index contributed by atoms with van der Waals surface area (Å²) in [6.07, 6.45) is 2.12. The van der Waals surface area contributed by atoms with Crippen molar-refractivity contribution in [2.75, 3.05) is 0 Å². The third-order valence-corrected chi connectivity index (χ3v) is 5.47. The fourth-order valence-corrected chi connectivity index (χ4v) is 3.54. The van der Waals surface area contributed by atoms with Gasteiger partial charge in [-0.25, -0.2) is 0 Å². The first-order chi connectivity index (χ1) is 12.6. The monoisotopic (exact) mass is 408 g/mol. The molecule has 0 saturated carbocycles. The van der Waals surface area contributed by atoms with E-state index < -0.39 is 11.5 Å². The van der Waals surface area contributed by atoms with Gasteiger partial charge in [-0.15, -0.1) is 0 Å². The molecular formula is C20H18Cl2O5. The van der Waals surface area contributed by atoms with E-state index >= 15 is 0 Å². The molecular weight excluding hydrogens is 391 g/mol. The Morgan fingerprint density at radius 1 is 1.15 bits per heavy atom. The van der Waals surface area contributed by atoms with E-state index in [1.54, 1.807) is 6.92 Å². The normalized spacial score (nSPS) is 12.7. The second-order valence-electron chi connectivity index (χ2n) is 6.66. The van der Waals surface area contributed by atoms with E-state index in [9.17, 15) is 20.1 Å². The Morgan fingerprint density at radius 3 is 2.44 bits per heavy atom. The number of ether oxygens (including phenoxy) is 1. The molecule has 0 aromatic heterocycles. The number of benzene rings is 2. The first kappa shape index (κ1) is 19.4. The summed E-state index contributed by atoms with van der Waals surface area (Å²) in [4.78, 5) is 13.3.